The van der Waals surface area contributed by atoms with Gasteiger partial charge in [0.15, 0.2) is 0 Å². The first-order chi connectivity index (χ1) is 8.49. The van der Waals surface area contributed by atoms with Crippen molar-refractivity contribution in [1.82, 2.24) is 9.97 Å². The molecule has 1 aromatic heterocycles. The smallest absolute Gasteiger partial charge is 0.272 e. The zero-order chi connectivity index (χ0) is 13.3. The summed E-state index contributed by atoms with van der Waals surface area (Å²) in [6.45, 7) is 3.53. The molecule has 0 bridgehead atoms. The van der Waals surface area contributed by atoms with Crippen LogP contribution in [0.3, 0.4) is 0 Å². The quantitative estimate of drug-likeness (QED) is 0.641. The van der Waals surface area contributed by atoms with Crippen molar-refractivity contribution in [1.29, 1.82) is 0 Å². The van der Waals surface area contributed by atoms with Crippen molar-refractivity contribution in [2.75, 3.05) is 0 Å². The number of nitro benzene ring substituents is 1. The molecule has 1 atom stereocenters. The summed E-state index contributed by atoms with van der Waals surface area (Å²) in [6.07, 6.45) is 1.63. The maximum absolute atomic E-state index is 10.9. The number of H-pyrrole nitrogens is 1. The van der Waals surface area contributed by atoms with Gasteiger partial charge in [-0.05, 0) is 13.8 Å². The molecule has 0 saturated carbocycles. The number of imidazole rings is 1. The van der Waals surface area contributed by atoms with Crippen LogP contribution in [0.4, 0.5) is 5.69 Å². The molecule has 0 saturated heterocycles. The van der Waals surface area contributed by atoms with Crippen LogP contribution in [0.15, 0.2) is 24.4 Å². The van der Waals surface area contributed by atoms with E-state index in [1.807, 2.05) is 13.0 Å². The third kappa shape index (κ3) is 2.23. The number of nitrogens with one attached hydrogen (secondary N) is 1. The third-order valence-electron chi connectivity index (χ3n) is 2.74. The molecule has 0 radical (unpaired) electrons. The van der Waals surface area contributed by atoms with Gasteiger partial charge in [0.05, 0.1) is 22.9 Å². The molecule has 0 aliphatic heterocycles. The van der Waals surface area contributed by atoms with Crippen molar-refractivity contribution in [3.8, 4) is 11.3 Å². The Hall–Kier alpha value is -2.21. The zero-order valence-electron chi connectivity index (χ0n) is 10.2. The van der Waals surface area contributed by atoms with Crippen molar-refractivity contribution in [3.05, 3.63) is 45.9 Å². The average Bonchev–Trinajstić information content (AvgIpc) is 2.78. The molecule has 0 aliphatic carbocycles. The maximum atomic E-state index is 10.9. The van der Waals surface area contributed by atoms with E-state index in [9.17, 15) is 10.1 Å². The minimum absolute atomic E-state index is 0.101. The van der Waals surface area contributed by atoms with Gasteiger partial charge in [0.25, 0.3) is 5.69 Å². The van der Waals surface area contributed by atoms with Crippen molar-refractivity contribution in [2.24, 2.45) is 5.73 Å². The van der Waals surface area contributed by atoms with Gasteiger partial charge in [0, 0.05) is 17.2 Å². The molecule has 1 unspecified atom stereocenters. The molecule has 6 nitrogen and oxygen atoms in total. The number of nitro groups is 1. The van der Waals surface area contributed by atoms with E-state index >= 15 is 0 Å². The molecule has 6 heteroatoms. The summed E-state index contributed by atoms with van der Waals surface area (Å²) in [5.41, 5.74) is 7.90. The second kappa shape index (κ2) is 4.58. The zero-order valence-corrected chi connectivity index (χ0v) is 10.2. The minimum atomic E-state index is -0.387. The molecule has 2 aromatic rings. The van der Waals surface area contributed by atoms with E-state index in [2.05, 4.69) is 9.97 Å². The topological polar surface area (TPSA) is 97.8 Å². The number of aryl methyl sites for hydroxylation is 1. The van der Waals surface area contributed by atoms with Gasteiger partial charge < -0.3 is 10.7 Å². The highest BCUT2D eigenvalue weighted by Crippen LogP contribution is 2.26. The maximum Gasteiger partial charge on any atom is 0.272 e. The molecule has 3 N–H and O–H groups in total. The number of benzene rings is 1. The van der Waals surface area contributed by atoms with E-state index in [0.717, 1.165) is 11.3 Å². The van der Waals surface area contributed by atoms with Crippen LogP contribution in [0.5, 0.6) is 0 Å². The number of nitrogens with zero attached hydrogens (tertiary/aromatic N) is 2. The summed E-state index contributed by atoms with van der Waals surface area (Å²) in [6, 6.07) is 4.88. The molecule has 18 heavy (non-hydrogen) atoms. The Morgan fingerprint density at radius 1 is 1.50 bits per heavy atom. The summed E-state index contributed by atoms with van der Waals surface area (Å²) in [5.74, 6) is 0.660. The number of hydrogen-bond acceptors (Lipinski definition) is 4. The predicted molar refractivity (Wildman–Crippen MR) is 68.0 cm³/mol. The highest BCUT2D eigenvalue weighted by atomic mass is 16.6. The second-order valence-electron chi connectivity index (χ2n) is 4.23. The second-order valence-corrected chi connectivity index (χ2v) is 4.23. The first kappa shape index (κ1) is 12.3. The van der Waals surface area contributed by atoms with Crippen molar-refractivity contribution >= 4 is 5.69 Å². The van der Waals surface area contributed by atoms with Gasteiger partial charge in [-0.1, -0.05) is 12.1 Å². The standard InChI is InChI=1S/C12H14N4O2/c1-7-3-4-9(5-11(7)16(17)18)10-6-14-12(15-10)8(2)13/h3-6,8H,13H2,1-2H3,(H,14,15). The van der Waals surface area contributed by atoms with E-state index in [-0.39, 0.29) is 16.7 Å². The van der Waals surface area contributed by atoms with Crippen LogP contribution < -0.4 is 5.73 Å². The van der Waals surface area contributed by atoms with Crippen LogP contribution in [0.1, 0.15) is 24.4 Å². The largest absolute Gasteiger partial charge is 0.341 e. The van der Waals surface area contributed by atoms with Crippen LogP contribution in [-0.2, 0) is 0 Å². The summed E-state index contributed by atoms with van der Waals surface area (Å²) in [7, 11) is 0. The van der Waals surface area contributed by atoms with Crippen molar-refractivity contribution < 1.29 is 4.92 Å². The Labute approximate surface area is 104 Å². The van der Waals surface area contributed by atoms with E-state index in [1.54, 1.807) is 19.2 Å². The van der Waals surface area contributed by atoms with E-state index < -0.39 is 0 Å². The van der Waals surface area contributed by atoms with Gasteiger partial charge in [0.2, 0.25) is 0 Å². The molecule has 0 aliphatic rings. The molecule has 94 valence electrons. The highest BCUT2D eigenvalue weighted by molar-refractivity contribution is 5.63. The molecule has 2 rings (SSSR count). The Morgan fingerprint density at radius 3 is 2.78 bits per heavy atom. The first-order valence-corrected chi connectivity index (χ1v) is 5.55. The molecule has 1 heterocycles. The Balaban J connectivity index is 2.44. The lowest BCUT2D eigenvalue weighted by Gasteiger charge is -2.02. The average molecular weight is 246 g/mol. The molecular formula is C12H14N4O2. The fourth-order valence-corrected chi connectivity index (χ4v) is 1.69. The summed E-state index contributed by atoms with van der Waals surface area (Å²) >= 11 is 0. The minimum Gasteiger partial charge on any atom is -0.341 e. The van der Waals surface area contributed by atoms with Gasteiger partial charge in [-0.2, -0.15) is 0 Å². The van der Waals surface area contributed by atoms with Crippen molar-refractivity contribution in [2.45, 2.75) is 19.9 Å². The monoisotopic (exact) mass is 246 g/mol. The van der Waals surface area contributed by atoms with Gasteiger partial charge in [-0.15, -0.1) is 0 Å². The first-order valence-electron chi connectivity index (χ1n) is 5.55. The third-order valence-corrected chi connectivity index (χ3v) is 2.74. The normalized spacial score (nSPS) is 12.4. The van der Waals surface area contributed by atoms with Gasteiger partial charge >= 0.3 is 0 Å². The lowest BCUT2D eigenvalue weighted by atomic mass is 10.1. The Kier molecular flexibility index (Phi) is 3.12. The van der Waals surface area contributed by atoms with Crippen LogP contribution in [0.2, 0.25) is 0 Å². The van der Waals surface area contributed by atoms with E-state index in [4.69, 9.17) is 5.73 Å². The van der Waals surface area contributed by atoms with Crippen LogP contribution in [0, 0.1) is 17.0 Å². The molecule has 0 spiro atoms. The van der Waals surface area contributed by atoms with Crippen LogP contribution in [-0.4, -0.2) is 14.9 Å². The molecule has 0 amide bonds. The van der Waals surface area contributed by atoms with Crippen LogP contribution >= 0.6 is 0 Å². The fourth-order valence-electron chi connectivity index (χ4n) is 1.69. The van der Waals surface area contributed by atoms with Gasteiger partial charge in [0.1, 0.15) is 5.82 Å². The van der Waals surface area contributed by atoms with E-state index in [0.29, 0.717) is 11.4 Å². The Bertz CT molecular complexity index is 590. The SMILES string of the molecule is Cc1ccc(-c2cnc(C(C)N)[nH]2)cc1[N+](=O)[O-]. The lowest BCUT2D eigenvalue weighted by Crippen LogP contribution is -2.06. The van der Waals surface area contributed by atoms with Crippen LogP contribution in [0.25, 0.3) is 11.3 Å². The molecule has 0 fully saturated rings. The summed E-state index contributed by atoms with van der Waals surface area (Å²) in [5, 5.41) is 10.9. The number of rotatable bonds is 3. The van der Waals surface area contributed by atoms with Gasteiger partial charge in [-0.25, -0.2) is 4.98 Å². The summed E-state index contributed by atoms with van der Waals surface area (Å²) < 4.78 is 0. The predicted octanol–water partition coefficient (Wildman–Crippen LogP) is 2.31. The van der Waals surface area contributed by atoms with Gasteiger partial charge in [-0.3, -0.25) is 10.1 Å². The summed E-state index contributed by atoms with van der Waals surface area (Å²) in [4.78, 5) is 17.7. The number of hydrogen-bond donors (Lipinski definition) is 2. The Morgan fingerprint density at radius 2 is 2.22 bits per heavy atom. The van der Waals surface area contributed by atoms with E-state index in [1.165, 1.54) is 6.07 Å². The number of nitrogens with two attached hydrogens (primary N) is 1. The number of aromatic nitrogens is 2. The molecular weight excluding hydrogens is 232 g/mol. The highest BCUT2D eigenvalue weighted by Gasteiger charge is 2.13. The lowest BCUT2D eigenvalue weighted by molar-refractivity contribution is -0.385. The molecule has 1 aromatic carbocycles. The fraction of sp³-hybridized carbons (Fsp3) is 0.250. The van der Waals surface area contributed by atoms with Crippen molar-refractivity contribution in [3.63, 3.8) is 0 Å². The number of aromatic amines is 1.